The molecular formula is C15H19FO4. The number of rotatable bonds is 9. The van der Waals surface area contributed by atoms with Crippen molar-refractivity contribution in [3.63, 3.8) is 0 Å². The summed E-state index contributed by atoms with van der Waals surface area (Å²) in [6.45, 7) is 3.32. The predicted molar refractivity (Wildman–Crippen MR) is 74.3 cm³/mol. The van der Waals surface area contributed by atoms with Crippen LogP contribution < -0.4 is 4.74 Å². The van der Waals surface area contributed by atoms with E-state index < -0.39 is 11.8 Å². The third kappa shape index (κ3) is 5.84. The van der Waals surface area contributed by atoms with Gasteiger partial charge in [0.05, 0.1) is 6.61 Å². The number of hydrogen-bond donors (Lipinski definition) is 1. The standard InChI is InChI=1S/C15H19FO4/c1-2-3-9-19-10-11-20-15-12(7-8-14(17)18)5-4-6-13(15)16/h4-8H,2-3,9-11H2,1H3,(H,17,18)/b8-7+. The molecule has 0 aliphatic rings. The summed E-state index contributed by atoms with van der Waals surface area (Å²) in [6, 6.07) is 4.36. The van der Waals surface area contributed by atoms with Crippen LogP contribution >= 0.6 is 0 Å². The minimum absolute atomic E-state index is 0.0455. The highest BCUT2D eigenvalue weighted by Gasteiger charge is 2.08. The van der Waals surface area contributed by atoms with Crippen molar-refractivity contribution in [2.24, 2.45) is 0 Å². The lowest BCUT2D eigenvalue weighted by Crippen LogP contribution is -2.09. The fraction of sp³-hybridized carbons (Fsp3) is 0.400. The molecule has 1 aromatic carbocycles. The summed E-state index contributed by atoms with van der Waals surface area (Å²) < 4.78 is 24.3. The number of para-hydroxylation sites is 1. The van der Waals surface area contributed by atoms with Crippen molar-refractivity contribution in [2.75, 3.05) is 19.8 Å². The van der Waals surface area contributed by atoms with Crippen molar-refractivity contribution in [1.29, 1.82) is 0 Å². The van der Waals surface area contributed by atoms with Gasteiger partial charge in [0.1, 0.15) is 6.61 Å². The molecule has 1 rings (SSSR count). The Kier molecular flexibility index (Phi) is 7.35. The first-order chi connectivity index (χ1) is 9.65. The van der Waals surface area contributed by atoms with Crippen molar-refractivity contribution in [3.8, 4) is 5.75 Å². The summed E-state index contributed by atoms with van der Waals surface area (Å²) in [4.78, 5) is 10.5. The second-order valence-electron chi connectivity index (χ2n) is 4.14. The molecule has 0 radical (unpaired) electrons. The summed E-state index contributed by atoms with van der Waals surface area (Å²) in [7, 11) is 0. The third-order valence-corrected chi connectivity index (χ3v) is 2.52. The van der Waals surface area contributed by atoms with E-state index in [1.807, 2.05) is 0 Å². The molecule has 0 saturated heterocycles. The number of halogens is 1. The molecule has 0 spiro atoms. The molecule has 0 aromatic heterocycles. The van der Waals surface area contributed by atoms with E-state index in [0.717, 1.165) is 18.9 Å². The normalized spacial score (nSPS) is 10.9. The van der Waals surface area contributed by atoms with E-state index in [-0.39, 0.29) is 12.4 Å². The number of unbranched alkanes of at least 4 members (excludes halogenated alkanes) is 1. The molecule has 0 bridgehead atoms. The topological polar surface area (TPSA) is 55.8 Å². The Hall–Kier alpha value is -1.88. The van der Waals surface area contributed by atoms with Crippen LogP contribution in [0.5, 0.6) is 5.75 Å². The quantitative estimate of drug-likeness (QED) is 0.558. The van der Waals surface area contributed by atoms with E-state index in [0.29, 0.717) is 18.8 Å². The number of carboxylic acids is 1. The SMILES string of the molecule is CCCCOCCOc1c(F)cccc1/C=C/C(=O)O. The Morgan fingerprint density at radius 1 is 1.35 bits per heavy atom. The van der Waals surface area contributed by atoms with Gasteiger partial charge in [-0.15, -0.1) is 0 Å². The number of carboxylic acid groups (broad SMARTS) is 1. The summed E-state index contributed by atoms with van der Waals surface area (Å²) in [5.41, 5.74) is 0.390. The zero-order chi connectivity index (χ0) is 14.8. The Bertz CT molecular complexity index is 457. The lowest BCUT2D eigenvalue weighted by atomic mass is 10.2. The summed E-state index contributed by atoms with van der Waals surface area (Å²) >= 11 is 0. The van der Waals surface area contributed by atoms with Gasteiger partial charge in [-0.2, -0.15) is 0 Å². The lowest BCUT2D eigenvalue weighted by Gasteiger charge is -2.10. The van der Waals surface area contributed by atoms with Gasteiger partial charge in [0, 0.05) is 18.2 Å². The first-order valence-electron chi connectivity index (χ1n) is 6.55. The van der Waals surface area contributed by atoms with Gasteiger partial charge < -0.3 is 14.6 Å². The maximum absolute atomic E-state index is 13.7. The summed E-state index contributed by atoms with van der Waals surface area (Å²) in [6.07, 6.45) is 4.28. The fourth-order valence-electron chi connectivity index (χ4n) is 1.52. The average molecular weight is 282 g/mol. The third-order valence-electron chi connectivity index (χ3n) is 2.52. The van der Waals surface area contributed by atoms with Gasteiger partial charge in [0.25, 0.3) is 0 Å². The van der Waals surface area contributed by atoms with Crippen LogP contribution in [0.4, 0.5) is 4.39 Å². The Morgan fingerprint density at radius 2 is 2.15 bits per heavy atom. The molecule has 0 atom stereocenters. The minimum atomic E-state index is -1.09. The van der Waals surface area contributed by atoms with Crippen LogP contribution in [0.2, 0.25) is 0 Å². The summed E-state index contributed by atoms with van der Waals surface area (Å²) in [5, 5.41) is 8.59. The molecule has 0 fully saturated rings. The largest absolute Gasteiger partial charge is 0.487 e. The molecule has 0 aliphatic carbocycles. The molecule has 0 amide bonds. The van der Waals surface area contributed by atoms with Gasteiger partial charge in [-0.05, 0) is 18.6 Å². The van der Waals surface area contributed by atoms with Gasteiger partial charge in [-0.3, -0.25) is 0 Å². The Morgan fingerprint density at radius 3 is 2.85 bits per heavy atom. The Labute approximate surface area is 117 Å². The highest BCUT2D eigenvalue weighted by atomic mass is 19.1. The molecule has 20 heavy (non-hydrogen) atoms. The Balaban J connectivity index is 2.57. The molecule has 1 N–H and O–H groups in total. The van der Waals surface area contributed by atoms with Crippen LogP contribution in [-0.2, 0) is 9.53 Å². The number of carbonyl (C=O) groups is 1. The minimum Gasteiger partial charge on any atom is -0.487 e. The highest BCUT2D eigenvalue weighted by molar-refractivity contribution is 5.85. The van der Waals surface area contributed by atoms with Crippen LogP contribution in [0.3, 0.4) is 0 Å². The van der Waals surface area contributed by atoms with Crippen LogP contribution in [-0.4, -0.2) is 30.9 Å². The maximum Gasteiger partial charge on any atom is 0.328 e. The van der Waals surface area contributed by atoms with Crippen LogP contribution in [0.1, 0.15) is 25.3 Å². The molecule has 5 heteroatoms. The molecule has 1 aromatic rings. The van der Waals surface area contributed by atoms with E-state index in [1.54, 1.807) is 6.07 Å². The predicted octanol–water partition coefficient (Wildman–Crippen LogP) is 3.12. The van der Waals surface area contributed by atoms with Crippen molar-refractivity contribution in [3.05, 3.63) is 35.7 Å². The number of aliphatic carboxylic acids is 1. The second-order valence-corrected chi connectivity index (χ2v) is 4.14. The van der Waals surface area contributed by atoms with E-state index in [9.17, 15) is 9.18 Å². The van der Waals surface area contributed by atoms with Crippen LogP contribution in [0.15, 0.2) is 24.3 Å². The van der Waals surface area contributed by atoms with Crippen molar-refractivity contribution in [2.45, 2.75) is 19.8 Å². The molecule has 110 valence electrons. The fourth-order valence-corrected chi connectivity index (χ4v) is 1.52. The van der Waals surface area contributed by atoms with E-state index in [2.05, 4.69) is 6.92 Å². The van der Waals surface area contributed by atoms with Crippen molar-refractivity contribution < 1.29 is 23.8 Å². The molecule has 0 aliphatic heterocycles. The first-order valence-corrected chi connectivity index (χ1v) is 6.55. The van der Waals surface area contributed by atoms with E-state index in [4.69, 9.17) is 14.6 Å². The monoisotopic (exact) mass is 282 g/mol. The second kappa shape index (κ2) is 9.09. The van der Waals surface area contributed by atoms with Crippen LogP contribution in [0.25, 0.3) is 6.08 Å². The summed E-state index contributed by atoms with van der Waals surface area (Å²) in [5.74, 6) is -1.57. The molecule has 0 unspecified atom stereocenters. The molecule has 0 heterocycles. The molecular weight excluding hydrogens is 263 g/mol. The first kappa shape index (κ1) is 16.2. The zero-order valence-corrected chi connectivity index (χ0v) is 11.5. The highest BCUT2D eigenvalue weighted by Crippen LogP contribution is 2.23. The van der Waals surface area contributed by atoms with Crippen molar-refractivity contribution in [1.82, 2.24) is 0 Å². The van der Waals surface area contributed by atoms with E-state index >= 15 is 0 Å². The zero-order valence-electron chi connectivity index (χ0n) is 11.5. The van der Waals surface area contributed by atoms with Gasteiger partial charge in [-0.1, -0.05) is 25.5 Å². The lowest BCUT2D eigenvalue weighted by molar-refractivity contribution is -0.131. The maximum atomic E-state index is 13.7. The van der Waals surface area contributed by atoms with E-state index in [1.165, 1.54) is 18.2 Å². The van der Waals surface area contributed by atoms with Gasteiger partial charge in [0.15, 0.2) is 11.6 Å². The van der Waals surface area contributed by atoms with Crippen LogP contribution in [0, 0.1) is 5.82 Å². The van der Waals surface area contributed by atoms with Gasteiger partial charge in [-0.25, -0.2) is 9.18 Å². The number of benzene rings is 1. The van der Waals surface area contributed by atoms with Gasteiger partial charge in [0.2, 0.25) is 0 Å². The average Bonchev–Trinajstić information content (AvgIpc) is 2.42. The number of hydrogen-bond acceptors (Lipinski definition) is 3. The molecule has 0 saturated carbocycles. The smallest absolute Gasteiger partial charge is 0.328 e. The van der Waals surface area contributed by atoms with Crippen molar-refractivity contribution >= 4 is 12.0 Å². The number of ether oxygens (including phenoxy) is 2. The van der Waals surface area contributed by atoms with Gasteiger partial charge >= 0.3 is 5.97 Å². The molecule has 4 nitrogen and oxygen atoms in total.